The van der Waals surface area contributed by atoms with Crippen LogP contribution in [0.15, 0.2) is 12.7 Å². The van der Waals surface area contributed by atoms with Crippen molar-refractivity contribution in [2.75, 3.05) is 0 Å². The lowest BCUT2D eigenvalue weighted by Crippen LogP contribution is -2.49. The summed E-state index contributed by atoms with van der Waals surface area (Å²) in [7, 11) is -2.02. The van der Waals surface area contributed by atoms with Gasteiger partial charge in [-0.1, -0.05) is 45.6 Å². The lowest BCUT2D eigenvalue weighted by Gasteiger charge is -2.41. The van der Waals surface area contributed by atoms with E-state index < -0.39 is 20.5 Å². The van der Waals surface area contributed by atoms with E-state index in [0.29, 0.717) is 0 Å². The van der Waals surface area contributed by atoms with Crippen LogP contribution < -0.4 is 0 Å². The fourth-order valence-electron chi connectivity index (χ4n) is 1.92. The van der Waals surface area contributed by atoms with Crippen molar-refractivity contribution in [1.82, 2.24) is 0 Å². The van der Waals surface area contributed by atoms with Gasteiger partial charge in [-0.2, -0.15) is 0 Å². The number of halogens is 1. The van der Waals surface area contributed by atoms with Crippen LogP contribution in [0.4, 0.5) is 0 Å². The first kappa shape index (κ1) is 21.7. The maximum Gasteiger partial charge on any atom is 0.192 e. The van der Waals surface area contributed by atoms with E-state index in [1.165, 1.54) is 0 Å². The molecule has 0 spiro atoms. The van der Waals surface area contributed by atoms with Gasteiger partial charge in [0.2, 0.25) is 0 Å². The monoisotopic (exact) mass is 344 g/mol. The van der Waals surface area contributed by atoms with Crippen LogP contribution in [0, 0.1) is 12.3 Å². The molecule has 0 unspecified atom stereocenters. The average Bonchev–Trinajstić information content (AvgIpc) is 2.42. The first-order valence-electron chi connectivity index (χ1n) is 8.14. The van der Waals surface area contributed by atoms with Crippen LogP contribution in [0.25, 0.3) is 0 Å². The fourth-order valence-corrected chi connectivity index (χ4v) is 3.67. The predicted octanol–water partition coefficient (Wildman–Crippen LogP) is 5.11. The van der Waals surface area contributed by atoms with Crippen molar-refractivity contribution in [1.29, 1.82) is 0 Å². The summed E-state index contributed by atoms with van der Waals surface area (Å²) in [6, 6.07) is 0. The van der Waals surface area contributed by atoms with Gasteiger partial charge in [-0.25, -0.2) is 0 Å². The summed E-state index contributed by atoms with van der Waals surface area (Å²) < 4.78 is 6.29. The minimum Gasteiger partial charge on any atom is -0.409 e. The number of terminal acetylenes is 1. The van der Waals surface area contributed by atoms with Crippen molar-refractivity contribution in [2.24, 2.45) is 0 Å². The van der Waals surface area contributed by atoms with E-state index >= 15 is 0 Å². The highest BCUT2D eigenvalue weighted by Gasteiger charge is 2.42. The molecule has 4 heteroatoms. The average molecular weight is 345 g/mol. The van der Waals surface area contributed by atoms with Crippen LogP contribution in [0.5, 0.6) is 0 Å². The molecule has 0 rings (SSSR count). The zero-order chi connectivity index (χ0) is 17.4. The van der Waals surface area contributed by atoms with Crippen molar-refractivity contribution < 1.29 is 9.53 Å². The molecule has 0 aromatic heterocycles. The molecule has 0 bridgehead atoms. The molecule has 22 heavy (non-hydrogen) atoms. The van der Waals surface area contributed by atoms with Crippen molar-refractivity contribution in [2.45, 2.75) is 88.6 Å². The molecule has 0 heterocycles. The van der Waals surface area contributed by atoms with Gasteiger partial charge in [-0.15, -0.1) is 24.6 Å². The molecular formula is C18H33ClO2Si. The summed E-state index contributed by atoms with van der Waals surface area (Å²) in [4.78, 5) is 0. The molecule has 1 N–H and O–H groups in total. The molecule has 2 nitrogen and oxygen atoms in total. The predicted molar refractivity (Wildman–Crippen MR) is 99.8 cm³/mol. The Balaban J connectivity index is 4.71. The van der Waals surface area contributed by atoms with Gasteiger partial charge in [0.05, 0.1) is 11.5 Å². The summed E-state index contributed by atoms with van der Waals surface area (Å²) in [5, 5.41) is 9.92. The van der Waals surface area contributed by atoms with E-state index in [9.17, 15) is 5.11 Å². The number of unbranched alkanes of at least 4 members (excludes halogenated alkanes) is 3. The third-order valence-electron chi connectivity index (χ3n) is 4.46. The Morgan fingerprint density at radius 2 is 1.91 bits per heavy atom. The standard InChI is InChI=1S/C18H33ClO2Si/c1-8-10-11-12-13-14-15(19)17(16(20)9-2)21-22(6,7)18(3,4)5/h2,8,15-17,20H,1,10-14H2,3-7H3/t15-,16+,17-/m0/s1. The summed E-state index contributed by atoms with van der Waals surface area (Å²) in [6.07, 6.45) is 11.0. The smallest absolute Gasteiger partial charge is 0.192 e. The number of alkyl halides is 1. The second-order valence-corrected chi connectivity index (χ2v) is 12.7. The molecule has 0 fully saturated rings. The zero-order valence-electron chi connectivity index (χ0n) is 14.9. The Morgan fingerprint density at radius 3 is 2.36 bits per heavy atom. The van der Waals surface area contributed by atoms with Crippen LogP contribution in [0.1, 0.15) is 52.9 Å². The number of hydrogen-bond acceptors (Lipinski definition) is 2. The lowest BCUT2D eigenvalue weighted by atomic mass is 10.0. The quantitative estimate of drug-likeness (QED) is 0.196. The molecule has 0 amide bonds. The molecule has 0 aromatic rings. The van der Waals surface area contributed by atoms with Crippen LogP contribution >= 0.6 is 11.6 Å². The van der Waals surface area contributed by atoms with Gasteiger partial charge in [0.1, 0.15) is 6.10 Å². The third-order valence-corrected chi connectivity index (χ3v) is 9.40. The molecule has 0 saturated carbocycles. The van der Waals surface area contributed by atoms with E-state index in [4.69, 9.17) is 22.5 Å². The first-order valence-corrected chi connectivity index (χ1v) is 11.5. The van der Waals surface area contributed by atoms with Gasteiger partial charge in [0.25, 0.3) is 0 Å². The van der Waals surface area contributed by atoms with E-state index in [-0.39, 0.29) is 10.4 Å². The zero-order valence-corrected chi connectivity index (χ0v) is 16.6. The number of rotatable bonds is 10. The molecule has 3 atom stereocenters. The molecule has 0 aliphatic rings. The highest BCUT2D eigenvalue weighted by molar-refractivity contribution is 6.74. The van der Waals surface area contributed by atoms with Crippen LogP contribution in [0.3, 0.4) is 0 Å². The van der Waals surface area contributed by atoms with E-state index in [0.717, 1.165) is 32.1 Å². The highest BCUT2D eigenvalue weighted by atomic mass is 35.5. The van der Waals surface area contributed by atoms with Crippen molar-refractivity contribution in [3.8, 4) is 12.3 Å². The Morgan fingerprint density at radius 1 is 1.32 bits per heavy atom. The van der Waals surface area contributed by atoms with Crippen molar-refractivity contribution >= 4 is 19.9 Å². The molecule has 0 radical (unpaired) electrons. The van der Waals surface area contributed by atoms with Crippen LogP contribution in [-0.2, 0) is 4.43 Å². The molecule has 0 aromatic carbocycles. The number of hydrogen-bond donors (Lipinski definition) is 1. The van der Waals surface area contributed by atoms with Crippen molar-refractivity contribution in [3.63, 3.8) is 0 Å². The van der Waals surface area contributed by atoms with Crippen LogP contribution in [-0.4, -0.2) is 31.0 Å². The maximum absolute atomic E-state index is 10.1. The summed E-state index contributed by atoms with van der Waals surface area (Å²) in [6.45, 7) is 14.5. The summed E-state index contributed by atoms with van der Waals surface area (Å²) in [5.74, 6) is 2.39. The maximum atomic E-state index is 10.1. The number of aliphatic hydroxyl groups is 1. The Bertz CT molecular complexity index is 368. The van der Waals surface area contributed by atoms with Crippen LogP contribution in [0.2, 0.25) is 18.1 Å². The third kappa shape index (κ3) is 7.33. The van der Waals surface area contributed by atoms with Gasteiger partial charge in [0, 0.05) is 0 Å². The number of aliphatic hydroxyl groups excluding tert-OH is 1. The highest BCUT2D eigenvalue weighted by Crippen LogP contribution is 2.38. The topological polar surface area (TPSA) is 29.5 Å². The molecule has 0 aliphatic heterocycles. The Hall–Kier alpha value is -0.273. The second-order valence-electron chi connectivity index (χ2n) is 7.40. The van der Waals surface area contributed by atoms with E-state index in [1.807, 2.05) is 6.08 Å². The summed E-state index contributed by atoms with van der Waals surface area (Å²) >= 11 is 6.51. The summed E-state index contributed by atoms with van der Waals surface area (Å²) in [5.41, 5.74) is 0. The van der Waals surface area contributed by atoms with E-state index in [1.54, 1.807) is 0 Å². The lowest BCUT2D eigenvalue weighted by molar-refractivity contribution is 0.0577. The molecule has 128 valence electrons. The van der Waals surface area contributed by atoms with Gasteiger partial charge in [0.15, 0.2) is 8.32 Å². The van der Waals surface area contributed by atoms with Gasteiger partial charge < -0.3 is 9.53 Å². The minimum absolute atomic E-state index is 0.0557. The Kier molecular flexibility index (Phi) is 9.65. The fraction of sp³-hybridized carbons (Fsp3) is 0.778. The SMILES string of the molecule is C#C[C@@H](O)[C@@H](O[Si](C)(C)C(C)(C)C)[C@@H](Cl)CCCCCC=C. The molecular weight excluding hydrogens is 312 g/mol. The van der Waals surface area contributed by atoms with Gasteiger partial charge in [-0.05, 0) is 37.4 Å². The van der Waals surface area contributed by atoms with Crippen molar-refractivity contribution in [3.05, 3.63) is 12.7 Å². The van der Waals surface area contributed by atoms with Gasteiger partial charge in [-0.3, -0.25) is 0 Å². The molecule has 0 saturated heterocycles. The normalized spacial score (nSPS) is 16.6. The van der Waals surface area contributed by atoms with Gasteiger partial charge >= 0.3 is 0 Å². The molecule has 0 aliphatic carbocycles. The first-order chi connectivity index (χ1) is 10.1. The Labute approximate surface area is 143 Å². The largest absolute Gasteiger partial charge is 0.409 e. The van der Waals surface area contributed by atoms with E-state index in [2.05, 4.69) is 46.4 Å². The number of allylic oxidation sites excluding steroid dienone is 1. The second kappa shape index (κ2) is 9.77. The minimum atomic E-state index is -2.02.